The number of rotatable bonds is 6. The van der Waals surface area contributed by atoms with Gasteiger partial charge in [0.15, 0.2) is 5.75 Å². The molecule has 4 nitrogen and oxygen atoms in total. The lowest BCUT2D eigenvalue weighted by Crippen LogP contribution is -2.23. The molecule has 0 spiro atoms. The summed E-state index contributed by atoms with van der Waals surface area (Å²) in [6.45, 7) is 2.70. The number of aromatic nitrogens is 2. The number of nitrogens with one attached hydrogen (secondary N) is 1. The molecule has 0 aliphatic heterocycles. The molecule has 1 unspecified atom stereocenters. The minimum Gasteiger partial charge on any atom is -0.493 e. The number of aryl methyl sites for hydroxylation is 1. The highest BCUT2D eigenvalue weighted by Gasteiger charge is 2.25. The number of hydrogen-bond donors (Lipinski definition) is 1. The zero-order valence-electron chi connectivity index (χ0n) is 12.4. The molecule has 1 N–H and O–H groups in total. The van der Waals surface area contributed by atoms with Crippen molar-refractivity contribution in [1.29, 1.82) is 0 Å². The second-order valence-electron chi connectivity index (χ2n) is 4.71. The van der Waals surface area contributed by atoms with E-state index in [2.05, 4.69) is 10.4 Å². The lowest BCUT2D eigenvalue weighted by molar-refractivity contribution is 0.398. The third-order valence-corrected chi connectivity index (χ3v) is 3.33. The van der Waals surface area contributed by atoms with Crippen LogP contribution in [0, 0.1) is 11.6 Å². The van der Waals surface area contributed by atoms with Gasteiger partial charge in [-0.05, 0) is 31.7 Å². The fraction of sp³-hybridized carbons (Fsp3) is 0.400. The third kappa shape index (κ3) is 3.05. The minimum atomic E-state index is -0.537. The van der Waals surface area contributed by atoms with Crippen LogP contribution in [-0.2, 0) is 6.54 Å². The van der Waals surface area contributed by atoms with E-state index in [9.17, 15) is 8.78 Å². The average molecular weight is 295 g/mol. The molecular weight excluding hydrogens is 276 g/mol. The molecule has 0 fully saturated rings. The minimum absolute atomic E-state index is 0.230. The summed E-state index contributed by atoms with van der Waals surface area (Å²) in [5, 5.41) is 7.27. The molecule has 0 bridgehead atoms. The highest BCUT2D eigenvalue weighted by molar-refractivity contribution is 5.37. The SMILES string of the molecule is CCCn1ncc(OC)c1C(NC)c1cc(F)ccc1F. The lowest BCUT2D eigenvalue weighted by Gasteiger charge is -2.20. The van der Waals surface area contributed by atoms with Gasteiger partial charge in [0.1, 0.15) is 17.3 Å². The smallest absolute Gasteiger partial charge is 0.161 e. The third-order valence-electron chi connectivity index (χ3n) is 3.33. The molecule has 0 aliphatic carbocycles. The van der Waals surface area contributed by atoms with Crippen molar-refractivity contribution in [1.82, 2.24) is 15.1 Å². The van der Waals surface area contributed by atoms with Crippen molar-refractivity contribution in [2.45, 2.75) is 25.9 Å². The Labute approximate surface area is 122 Å². The van der Waals surface area contributed by atoms with Gasteiger partial charge in [-0.1, -0.05) is 6.92 Å². The molecule has 1 atom stereocenters. The van der Waals surface area contributed by atoms with Crippen LogP contribution in [0.2, 0.25) is 0 Å². The van der Waals surface area contributed by atoms with Gasteiger partial charge in [0.2, 0.25) is 0 Å². The second-order valence-corrected chi connectivity index (χ2v) is 4.71. The maximum atomic E-state index is 14.1. The largest absolute Gasteiger partial charge is 0.493 e. The van der Waals surface area contributed by atoms with Gasteiger partial charge in [-0.2, -0.15) is 5.10 Å². The van der Waals surface area contributed by atoms with Gasteiger partial charge in [0.25, 0.3) is 0 Å². The van der Waals surface area contributed by atoms with Crippen LogP contribution >= 0.6 is 0 Å². The summed E-state index contributed by atoms with van der Waals surface area (Å²) in [5.41, 5.74) is 0.917. The van der Waals surface area contributed by atoms with E-state index in [0.717, 1.165) is 18.6 Å². The fourth-order valence-corrected chi connectivity index (χ4v) is 2.39. The molecular formula is C15H19F2N3O. The number of nitrogens with zero attached hydrogens (tertiary/aromatic N) is 2. The Morgan fingerprint density at radius 2 is 2.14 bits per heavy atom. The fourth-order valence-electron chi connectivity index (χ4n) is 2.39. The van der Waals surface area contributed by atoms with Gasteiger partial charge >= 0.3 is 0 Å². The van der Waals surface area contributed by atoms with E-state index < -0.39 is 17.7 Å². The molecule has 0 amide bonds. The molecule has 1 aromatic carbocycles. The summed E-state index contributed by atoms with van der Waals surface area (Å²) in [4.78, 5) is 0. The quantitative estimate of drug-likeness (QED) is 0.890. The number of hydrogen-bond acceptors (Lipinski definition) is 3. The van der Waals surface area contributed by atoms with Gasteiger partial charge in [0, 0.05) is 12.1 Å². The maximum absolute atomic E-state index is 14.1. The molecule has 0 radical (unpaired) electrons. The average Bonchev–Trinajstić information content (AvgIpc) is 2.87. The molecule has 2 aromatic rings. The van der Waals surface area contributed by atoms with Crippen LogP contribution in [0.15, 0.2) is 24.4 Å². The Morgan fingerprint density at radius 1 is 1.38 bits per heavy atom. The van der Waals surface area contributed by atoms with Crippen molar-refractivity contribution in [2.75, 3.05) is 14.2 Å². The van der Waals surface area contributed by atoms with Crippen LogP contribution in [0.3, 0.4) is 0 Å². The van der Waals surface area contributed by atoms with E-state index in [-0.39, 0.29) is 5.56 Å². The Kier molecular flexibility index (Phi) is 4.90. The van der Waals surface area contributed by atoms with Crippen LogP contribution in [0.5, 0.6) is 5.75 Å². The number of halogens is 2. The second kappa shape index (κ2) is 6.67. The van der Waals surface area contributed by atoms with E-state index in [1.807, 2.05) is 6.92 Å². The van der Waals surface area contributed by atoms with Gasteiger partial charge in [-0.15, -0.1) is 0 Å². The summed E-state index contributed by atoms with van der Waals surface area (Å²) < 4.78 is 34.6. The molecule has 1 heterocycles. The first-order valence-corrected chi connectivity index (χ1v) is 6.84. The Morgan fingerprint density at radius 3 is 2.76 bits per heavy atom. The van der Waals surface area contributed by atoms with Crippen molar-refractivity contribution >= 4 is 0 Å². The summed E-state index contributed by atoms with van der Waals surface area (Å²) in [6, 6.07) is 2.89. The van der Waals surface area contributed by atoms with E-state index >= 15 is 0 Å². The standard InChI is InChI=1S/C15H19F2N3O/c1-4-7-20-15(13(21-3)9-19-20)14(18-2)11-8-10(16)5-6-12(11)17/h5-6,8-9,14,18H,4,7H2,1-3H3. The monoisotopic (exact) mass is 295 g/mol. The van der Waals surface area contributed by atoms with Crippen LogP contribution in [0.1, 0.15) is 30.6 Å². The molecule has 0 saturated carbocycles. The van der Waals surface area contributed by atoms with E-state index in [1.165, 1.54) is 13.2 Å². The summed E-state index contributed by atoms with van der Waals surface area (Å²) in [7, 11) is 3.23. The summed E-state index contributed by atoms with van der Waals surface area (Å²) in [5.74, 6) is -0.402. The van der Waals surface area contributed by atoms with E-state index in [4.69, 9.17) is 4.74 Å². The van der Waals surface area contributed by atoms with Crippen molar-refractivity contribution in [2.24, 2.45) is 0 Å². The molecule has 114 valence electrons. The highest BCUT2D eigenvalue weighted by atomic mass is 19.1. The lowest BCUT2D eigenvalue weighted by atomic mass is 10.0. The predicted octanol–water partition coefficient (Wildman–Crippen LogP) is 2.89. The highest BCUT2D eigenvalue weighted by Crippen LogP contribution is 2.31. The van der Waals surface area contributed by atoms with Crippen molar-refractivity contribution < 1.29 is 13.5 Å². The van der Waals surface area contributed by atoms with Crippen LogP contribution < -0.4 is 10.1 Å². The number of ether oxygens (including phenoxy) is 1. The van der Waals surface area contributed by atoms with E-state index in [0.29, 0.717) is 18.0 Å². The van der Waals surface area contributed by atoms with Crippen molar-refractivity contribution in [3.05, 3.63) is 47.3 Å². The maximum Gasteiger partial charge on any atom is 0.161 e. The van der Waals surface area contributed by atoms with Crippen molar-refractivity contribution in [3.8, 4) is 5.75 Å². The zero-order valence-corrected chi connectivity index (χ0v) is 12.4. The van der Waals surface area contributed by atoms with Crippen LogP contribution in [0.4, 0.5) is 8.78 Å². The molecule has 1 aromatic heterocycles. The normalized spacial score (nSPS) is 12.4. The number of methoxy groups -OCH3 is 1. The van der Waals surface area contributed by atoms with Gasteiger partial charge in [0.05, 0.1) is 19.3 Å². The van der Waals surface area contributed by atoms with E-state index in [1.54, 1.807) is 17.9 Å². The zero-order chi connectivity index (χ0) is 15.4. The topological polar surface area (TPSA) is 39.1 Å². The van der Waals surface area contributed by atoms with Crippen molar-refractivity contribution in [3.63, 3.8) is 0 Å². The van der Waals surface area contributed by atoms with Gasteiger partial charge in [-0.25, -0.2) is 8.78 Å². The Balaban J connectivity index is 2.55. The van der Waals surface area contributed by atoms with Crippen LogP contribution in [-0.4, -0.2) is 23.9 Å². The molecule has 21 heavy (non-hydrogen) atoms. The first-order valence-electron chi connectivity index (χ1n) is 6.84. The predicted molar refractivity (Wildman–Crippen MR) is 76.3 cm³/mol. The first kappa shape index (κ1) is 15.4. The van der Waals surface area contributed by atoms with Gasteiger partial charge < -0.3 is 10.1 Å². The molecule has 2 rings (SSSR count). The van der Waals surface area contributed by atoms with Crippen LogP contribution in [0.25, 0.3) is 0 Å². The summed E-state index contributed by atoms with van der Waals surface area (Å²) >= 11 is 0. The molecule has 0 saturated heterocycles. The molecule has 0 aliphatic rings. The Bertz CT molecular complexity index is 613. The van der Waals surface area contributed by atoms with Gasteiger partial charge in [-0.3, -0.25) is 4.68 Å². The number of benzene rings is 1. The Hall–Kier alpha value is -1.95. The first-order chi connectivity index (χ1) is 10.1. The summed E-state index contributed by atoms with van der Waals surface area (Å²) in [6.07, 6.45) is 2.46. The molecule has 6 heteroatoms.